The molecule has 0 bridgehead atoms. The average molecular weight is 470 g/mol. The molecular formula is C25H25F3N4O2. The molecule has 178 valence electrons. The van der Waals surface area contributed by atoms with Crippen LogP contribution in [-0.4, -0.2) is 53.3 Å². The molecule has 1 fully saturated rings. The van der Waals surface area contributed by atoms with Crippen LogP contribution in [-0.2, 0) is 11.0 Å². The lowest BCUT2D eigenvalue weighted by Crippen LogP contribution is -2.52. The molecule has 1 aliphatic rings. The van der Waals surface area contributed by atoms with Gasteiger partial charge in [-0.1, -0.05) is 35.9 Å². The Bertz CT molecular complexity index is 1130. The summed E-state index contributed by atoms with van der Waals surface area (Å²) in [5.74, 6) is 0.479. The number of rotatable bonds is 5. The van der Waals surface area contributed by atoms with E-state index in [0.29, 0.717) is 26.2 Å². The standard InChI is InChI=1S/C25H25F3N4O2/c1-17-6-8-19(9-7-17)22-10-11-23(30-29-22)31-12-14-32(15-13-31)24(33)18(2)34-21-5-3-4-20(16-21)25(26,27)28/h3-11,16,18H,12-15H2,1-2H3. The van der Waals surface area contributed by atoms with Gasteiger partial charge in [0.1, 0.15) is 5.75 Å². The summed E-state index contributed by atoms with van der Waals surface area (Å²) < 4.78 is 44.2. The maximum Gasteiger partial charge on any atom is 0.416 e. The number of aromatic nitrogens is 2. The van der Waals surface area contributed by atoms with Crippen LogP contribution in [0.3, 0.4) is 0 Å². The molecule has 0 radical (unpaired) electrons. The Kier molecular flexibility index (Phi) is 6.72. The van der Waals surface area contributed by atoms with Crippen LogP contribution in [0.4, 0.5) is 19.0 Å². The van der Waals surface area contributed by atoms with Crippen LogP contribution in [0.2, 0.25) is 0 Å². The number of benzene rings is 2. The van der Waals surface area contributed by atoms with Gasteiger partial charge in [0.2, 0.25) is 0 Å². The Morgan fingerprint density at radius 3 is 2.29 bits per heavy atom. The van der Waals surface area contributed by atoms with Crippen LogP contribution in [0, 0.1) is 6.92 Å². The minimum Gasteiger partial charge on any atom is -0.481 e. The molecule has 1 aromatic heterocycles. The fraction of sp³-hybridized carbons (Fsp3) is 0.320. The van der Waals surface area contributed by atoms with Crippen LogP contribution in [0.5, 0.6) is 5.75 Å². The van der Waals surface area contributed by atoms with E-state index in [2.05, 4.69) is 10.2 Å². The van der Waals surface area contributed by atoms with E-state index in [1.165, 1.54) is 17.7 Å². The second-order valence-corrected chi connectivity index (χ2v) is 8.24. The van der Waals surface area contributed by atoms with E-state index in [0.717, 1.165) is 29.2 Å². The highest BCUT2D eigenvalue weighted by atomic mass is 19.4. The lowest BCUT2D eigenvalue weighted by molar-refractivity contribution is -0.138. The van der Waals surface area contributed by atoms with Gasteiger partial charge in [0.15, 0.2) is 11.9 Å². The van der Waals surface area contributed by atoms with Crippen LogP contribution in [0.25, 0.3) is 11.3 Å². The highest BCUT2D eigenvalue weighted by Gasteiger charge is 2.31. The quantitative estimate of drug-likeness (QED) is 0.546. The summed E-state index contributed by atoms with van der Waals surface area (Å²) in [7, 11) is 0. The molecule has 0 saturated carbocycles. The van der Waals surface area contributed by atoms with Gasteiger partial charge in [0, 0.05) is 31.7 Å². The summed E-state index contributed by atoms with van der Waals surface area (Å²) in [5, 5.41) is 8.68. The third-order valence-corrected chi connectivity index (χ3v) is 5.74. The Balaban J connectivity index is 1.32. The van der Waals surface area contributed by atoms with Crippen molar-refractivity contribution in [2.75, 3.05) is 31.1 Å². The smallest absolute Gasteiger partial charge is 0.416 e. The summed E-state index contributed by atoms with van der Waals surface area (Å²) in [5.41, 5.74) is 2.15. The van der Waals surface area contributed by atoms with Crippen molar-refractivity contribution in [3.8, 4) is 17.0 Å². The molecule has 1 atom stereocenters. The van der Waals surface area contributed by atoms with E-state index < -0.39 is 17.8 Å². The molecule has 1 amide bonds. The number of hydrogen-bond acceptors (Lipinski definition) is 5. The maximum absolute atomic E-state index is 12.9. The molecule has 3 aromatic rings. The second kappa shape index (κ2) is 9.70. The number of piperazine rings is 1. The van der Waals surface area contributed by atoms with E-state index >= 15 is 0 Å². The van der Waals surface area contributed by atoms with Crippen LogP contribution in [0.15, 0.2) is 60.7 Å². The highest BCUT2D eigenvalue weighted by molar-refractivity contribution is 5.81. The predicted molar refractivity (Wildman–Crippen MR) is 123 cm³/mol. The van der Waals surface area contributed by atoms with Crippen LogP contribution in [0.1, 0.15) is 18.1 Å². The molecular weight excluding hydrogens is 445 g/mol. The number of ether oxygens (including phenoxy) is 1. The summed E-state index contributed by atoms with van der Waals surface area (Å²) in [4.78, 5) is 16.5. The first-order valence-electron chi connectivity index (χ1n) is 11.0. The number of alkyl halides is 3. The fourth-order valence-electron chi connectivity index (χ4n) is 3.79. The van der Waals surface area contributed by atoms with Crippen LogP contribution >= 0.6 is 0 Å². The van der Waals surface area contributed by atoms with Crippen molar-refractivity contribution in [3.05, 3.63) is 71.8 Å². The van der Waals surface area contributed by atoms with Gasteiger partial charge in [-0.05, 0) is 44.2 Å². The number of halogens is 3. The minimum atomic E-state index is -4.47. The lowest BCUT2D eigenvalue weighted by atomic mass is 10.1. The third-order valence-electron chi connectivity index (χ3n) is 5.74. The zero-order valence-corrected chi connectivity index (χ0v) is 18.9. The predicted octanol–water partition coefficient (Wildman–Crippen LogP) is 4.59. The van der Waals surface area contributed by atoms with Gasteiger partial charge in [0.25, 0.3) is 5.91 Å². The number of anilines is 1. The van der Waals surface area contributed by atoms with Gasteiger partial charge in [-0.15, -0.1) is 10.2 Å². The van der Waals surface area contributed by atoms with Crippen molar-refractivity contribution in [1.82, 2.24) is 15.1 Å². The molecule has 1 unspecified atom stereocenters. The Morgan fingerprint density at radius 1 is 0.971 bits per heavy atom. The third kappa shape index (κ3) is 5.47. The SMILES string of the molecule is Cc1ccc(-c2ccc(N3CCN(C(=O)C(C)Oc4cccc(C(F)(F)F)c4)CC3)nn2)cc1. The molecule has 9 heteroatoms. The Labute approximate surface area is 196 Å². The highest BCUT2D eigenvalue weighted by Crippen LogP contribution is 2.31. The molecule has 0 spiro atoms. The van der Waals surface area contributed by atoms with Crippen molar-refractivity contribution in [2.24, 2.45) is 0 Å². The van der Waals surface area contributed by atoms with Gasteiger partial charge in [-0.3, -0.25) is 4.79 Å². The van der Waals surface area contributed by atoms with Gasteiger partial charge in [0.05, 0.1) is 11.3 Å². The average Bonchev–Trinajstić information content (AvgIpc) is 2.84. The van der Waals surface area contributed by atoms with Gasteiger partial charge < -0.3 is 14.5 Å². The van der Waals surface area contributed by atoms with Gasteiger partial charge in [-0.2, -0.15) is 13.2 Å². The second-order valence-electron chi connectivity index (χ2n) is 8.24. The maximum atomic E-state index is 12.9. The number of carbonyl (C=O) groups excluding carboxylic acids is 1. The number of aryl methyl sites for hydroxylation is 1. The molecule has 0 aliphatic carbocycles. The van der Waals surface area contributed by atoms with Crippen molar-refractivity contribution >= 4 is 11.7 Å². The topological polar surface area (TPSA) is 58.6 Å². The zero-order valence-electron chi connectivity index (χ0n) is 18.9. The zero-order chi connectivity index (χ0) is 24.3. The molecule has 2 heterocycles. The summed E-state index contributed by atoms with van der Waals surface area (Å²) in [6.07, 6.45) is -5.37. The Morgan fingerprint density at radius 2 is 1.68 bits per heavy atom. The summed E-state index contributed by atoms with van der Waals surface area (Å²) in [6.45, 7) is 5.62. The van der Waals surface area contributed by atoms with E-state index in [1.54, 1.807) is 11.8 Å². The Hall–Kier alpha value is -3.62. The largest absolute Gasteiger partial charge is 0.481 e. The normalized spacial score (nSPS) is 15.2. The van der Waals surface area contributed by atoms with Crippen molar-refractivity contribution < 1.29 is 22.7 Å². The number of hydrogen-bond donors (Lipinski definition) is 0. The lowest BCUT2D eigenvalue weighted by Gasteiger charge is -2.36. The van der Waals surface area contributed by atoms with Crippen LogP contribution < -0.4 is 9.64 Å². The summed E-state index contributed by atoms with van der Waals surface area (Å²) in [6, 6.07) is 16.5. The number of nitrogens with zero attached hydrogens (tertiary/aromatic N) is 4. The molecule has 1 aliphatic heterocycles. The van der Waals surface area contributed by atoms with Crippen molar-refractivity contribution in [1.29, 1.82) is 0 Å². The monoisotopic (exact) mass is 470 g/mol. The van der Waals surface area contributed by atoms with Crippen molar-refractivity contribution in [2.45, 2.75) is 26.1 Å². The molecule has 6 nitrogen and oxygen atoms in total. The first kappa shape index (κ1) is 23.5. The van der Waals surface area contributed by atoms with E-state index in [4.69, 9.17) is 4.74 Å². The number of amides is 1. The molecule has 4 rings (SSSR count). The molecule has 2 aromatic carbocycles. The van der Waals surface area contributed by atoms with E-state index in [1.807, 2.05) is 48.2 Å². The minimum absolute atomic E-state index is 0.0123. The molecule has 0 N–H and O–H groups in total. The first-order valence-corrected chi connectivity index (χ1v) is 11.0. The summed E-state index contributed by atoms with van der Waals surface area (Å²) >= 11 is 0. The molecule has 34 heavy (non-hydrogen) atoms. The first-order chi connectivity index (χ1) is 16.2. The van der Waals surface area contributed by atoms with E-state index in [9.17, 15) is 18.0 Å². The molecule has 1 saturated heterocycles. The van der Waals surface area contributed by atoms with Gasteiger partial charge >= 0.3 is 6.18 Å². The van der Waals surface area contributed by atoms with Crippen molar-refractivity contribution in [3.63, 3.8) is 0 Å². The fourth-order valence-corrected chi connectivity index (χ4v) is 3.79. The number of carbonyl (C=O) groups is 1. The van der Waals surface area contributed by atoms with E-state index in [-0.39, 0.29) is 11.7 Å². The van der Waals surface area contributed by atoms with Gasteiger partial charge in [-0.25, -0.2) is 0 Å².